The van der Waals surface area contributed by atoms with Crippen molar-refractivity contribution in [2.45, 2.75) is 0 Å². The summed E-state index contributed by atoms with van der Waals surface area (Å²) in [6.07, 6.45) is 1.67. The normalized spacial score (nSPS) is 13.4. The molecular weight excluding hydrogens is 578 g/mol. The highest BCUT2D eigenvalue weighted by atomic mass is 35.5. The van der Waals surface area contributed by atoms with E-state index in [4.69, 9.17) is 75.1 Å². The van der Waals surface area contributed by atoms with Gasteiger partial charge in [-0.25, -0.2) is 15.0 Å². The number of carbonyl (C=O) groups is 1. The summed E-state index contributed by atoms with van der Waals surface area (Å²) in [5.74, 6) is -0.517. The maximum Gasteiger partial charge on any atom is 0.302 e. The molecule has 0 aliphatic carbocycles. The molecule has 0 spiro atoms. The molecule has 1 amide bonds. The van der Waals surface area contributed by atoms with Gasteiger partial charge >= 0.3 is 5.91 Å². The maximum atomic E-state index is 11.3. The van der Waals surface area contributed by atoms with Crippen LogP contribution in [0.4, 0.5) is 23.4 Å². The van der Waals surface area contributed by atoms with Gasteiger partial charge in [0, 0.05) is 48.5 Å². The van der Waals surface area contributed by atoms with Gasteiger partial charge in [0.1, 0.15) is 5.82 Å². The lowest BCUT2D eigenvalue weighted by Crippen LogP contribution is -2.45. The molecule has 13 nitrogen and oxygen atoms in total. The minimum absolute atomic E-state index is 0.0737. The number of anilines is 4. The molecule has 1 aromatic carbocycles. The van der Waals surface area contributed by atoms with Gasteiger partial charge in [0.05, 0.1) is 10.0 Å². The second-order valence-corrected chi connectivity index (χ2v) is 9.56. The maximum absolute atomic E-state index is 11.3. The van der Waals surface area contributed by atoms with Crippen molar-refractivity contribution >= 4 is 81.7 Å². The first kappa shape index (κ1) is 29.2. The van der Waals surface area contributed by atoms with E-state index < -0.39 is 11.9 Å². The van der Waals surface area contributed by atoms with Crippen LogP contribution in [0.15, 0.2) is 23.3 Å². The molecule has 1 saturated heterocycles. The van der Waals surface area contributed by atoms with E-state index in [2.05, 4.69) is 41.8 Å². The highest BCUT2D eigenvalue weighted by Crippen LogP contribution is 2.38. The van der Waals surface area contributed by atoms with Crippen molar-refractivity contribution in [2.75, 3.05) is 55.3 Å². The Balaban J connectivity index is 0.000000232. The number of aromatic nitrogens is 4. The van der Waals surface area contributed by atoms with Crippen molar-refractivity contribution in [3.63, 3.8) is 0 Å². The number of halogens is 4. The quantitative estimate of drug-likeness (QED) is 0.166. The van der Waals surface area contributed by atoms with Crippen molar-refractivity contribution in [1.82, 2.24) is 24.8 Å². The van der Waals surface area contributed by atoms with Crippen LogP contribution in [0.2, 0.25) is 20.2 Å². The van der Waals surface area contributed by atoms with Crippen LogP contribution in [0.1, 0.15) is 10.5 Å². The third-order valence-corrected chi connectivity index (χ3v) is 6.51. The molecule has 3 aromatic rings. The molecule has 2 aromatic heterocycles. The average Bonchev–Trinajstić information content (AvgIpc) is 2.84. The van der Waals surface area contributed by atoms with Crippen LogP contribution in [-0.2, 0) is 0 Å². The first-order valence-corrected chi connectivity index (χ1v) is 12.3. The van der Waals surface area contributed by atoms with Crippen molar-refractivity contribution in [3.05, 3.63) is 44.2 Å². The van der Waals surface area contributed by atoms with E-state index in [0.29, 0.717) is 38.0 Å². The van der Waals surface area contributed by atoms with Gasteiger partial charge in [0.15, 0.2) is 28.4 Å². The summed E-state index contributed by atoms with van der Waals surface area (Å²) in [5, 5.41) is 1.10. The van der Waals surface area contributed by atoms with Gasteiger partial charge in [0.25, 0.3) is 0 Å². The minimum atomic E-state index is -0.832. The van der Waals surface area contributed by atoms with E-state index in [0.717, 1.165) is 26.2 Å². The second kappa shape index (κ2) is 12.5. The largest absolute Gasteiger partial charge is 0.383 e. The fraction of sp³-hybridized carbons (Fsp3) is 0.238. The Morgan fingerprint density at radius 1 is 0.895 bits per heavy atom. The van der Waals surface area contributed by atoms with Crippen LogP contribution in [0, 0.1) is 0 Å². The highest BCUT2D eigenvalue weighted by molar-refractivity contribution is 6.45. The second-order valence-electron chi connectivity index (χ2n) is 7.98. The Hall–Kier alpha value is -3.36. The molecule has 1 aliphatic heterocycles. The van der Waals surface area contributed by atoms with Gasteiger partial charge in [-0.2, -0.15) is 9.98 Å². The molecule has 0 radical (unpaired) electrons. The van der Waals surface area contributed by atoms with Crippen molar-refractivity contribution < 1.29 is 4.79 Å². The number of benzene rings is 1. The Morgan fingerprint density at radius 3 is 2.16 bits per heavy atom. The Labute approximate surface area is 237 Å². The van der Waals surface area contributed by atoms with Crippen LogP contribution in [0.25, 0.3) is 11.1 Å². The summed E-state index contributed by atoms with van der Waals surface area (Å²) in [5.41, 5.74) is 27.8. The molecule has 0 saturated carbocycles. The Kier molecular flexibility index (Phi) is 9.57. The predicted octanol–water partition coefficient (Wildman–Crippen LogP) is 2.15. The number of nitrogens with zero attached hydrogens (tertiary/aromatic N) is 7. The van der Waals surface area contributed by atoms with E-state index in [9.17, 15) is 4.79 Å². The zero-order valence-electron chi connectivity index (χ0n) is 20.0. The third kappa shape index (κ3) is 7.14. The molecule has 17 heteroatoms. The average molecular weight is 602 g/mol. The molecule has 10 N–H and O–H groups in total. The van der Waals surface area contributed by atoms with Gasteiger partial charge in [-0.15, -0.1) is 0 Å². The molecule has 3 heterocycles. The number of nitrogen functional groups attached to an aromatic ring is 3. The molecule has 4 rings (SSSR count). The van der Waals surface area contributed by atoms with Crippen molar-refractivity contribution in [1.29, 1.82) is 0 Å². The van der Waals surface area contributed by atoms with E-state index in [1.165, 1.54) is 0 Å². The van der Waals surface area contributed by atoms with Crippen LogP contribution >= 0.6 is 46.4 Å². The van der Waals surface area contributed by atoms with E-state index in [1.807, 2.05) is 0 Å². The van der Waals surface area contributed by atoms with E-state index in [1.54, 1.807) is 18.3 Å². The molecule has 0 atom stereocenters. The lowest BCUT2D eigenvalue weighted by molar-refractivity contribution is 0.0998. The van der Waals surface area contributed by atoms with Gasteiger partial charge in [0.2, 0.25) is 5.95 Å². The SMILES string of the molecule is CN1CCN(c2ncc(-c3cc(Cl)cc(Cl)c3Cl)c(N)n2)CC1.NC(N)=NC(=O)c1nc(Cl)c(N)nc1N. The fourth-order valence-electron chi connectivity index (χ4n) is 3.27. The zero-order valence-corrected chi connectivity index (χ0v) is 23.0. The molecule has 0 bridgehead atoms. The van der Waals surface area contributed by atoms with Gasteiger partial charge in [-0.3, -0.25) is 4.79 Å². The number of rotatable bonds is 3. The number of hydrogen-bond donors (Lipinski definition) is 5. The zero-order chi connectivity index (χ0) is 28.1. The minimum Gasteiger partial charge on any atom is -0.383 e. The molecule has 38 heavy (non-hydrogen) atoms. The number of amides is 1. The number of aliphatic imine (C=N–C) groups is 1. The van der Waals surface area contributed by atoms with Crippen molar-refractivity contribution in [2.24, 2.45) is 16.5 Å². The van der Waals surface area contributed by atoms with E-state index in [-0.39, 0.29) is 22.5 Å². The Morgan fingerprint density at radius 2 is 1.55 bits per heavy atom. The first-order chi connectivity index (χ1) is 17.9. The van der Waals surface area contributed by atoms with Crippen LogP contribution < -0.4 is 33.6 Å². The number of nitrogens with two attached hydrogens (primary N) is 5. The lowest BCUT2D eigenvalue weighted by Gasteiger charge is -2.32. The molecule has 202 valence electrons. The summed E-state index contributed by atoms with van der Waals surface area (Å²) in [7, 11) is 2.10. The summed E-state index contributed by atoms with van der Waals surface area (Å²) >= 11 is 23.9. The number of hydrogen-bond acceptors (Lipinski definition) is 10. The van der Waals surface area contributed by atoms with Crippen LogP contribution in [0.5, 0.6) is 0 Å². The highest BCUT2D eigenvalue weighted by Gasteiger charge is 2.19. The van der Waals surface area contributed by atoms with Gasteiger partial charge < -0.3 is 38.5 Å². The summed E-state index contributed by atoms with van der Waals surface area (Å²) in [6.45, 7) is 3.69. The topological polar surface area (TPSA) is 218 Å². The fourth-order valence-corrected chi connectivity index (χ4v) is 4.10. The Bertz CT molecular complexity index is 1370. The summed E-state index contributed by atoms with van der Waals surface area (Å²) in [4.78, 5) is 35.0. The molecule has 1 aliphatic rings. The number of guanidine groups is 1. The summed E-state index contributed by atoms with van der Waals surface area (Å²) in [6, 6.07) is 3.30. The number of likely N-dealkylation sites (N-methyl/N-ethyl adjacent to an activating group) is 1. The lowest BCUT2D eigenvalue weighted by atomic mass is 10.1. The monoisotopic (exact) mass is 600 g/mol. The predicted molar refractivity (Wildman–Crippen MR) is 153 cm³/mol. The van der Waals surface area contributed by atoms with E-state index >= 15 is 0 Å². The van der Waals surface area contributed by atoms with Gasteiger partial charge in [-0.1, -0.05) is 46.4 Å². The third-order valence-electron chi connectivity index (χ3n) is 5.21. The number of piperazine rings is 1. The first-order valence-electron chi connectivity index (χ1n) is 10.8. The molecular formula is C21H24Cl4N12O. The van der Waals surface area contributed by atoms with Crippen LogP contribution in [0.3, 0.4) is 0 Å². The standard InChI is InChI=1S/C15H16Cl3N5.C6H8ClN7O/c1-22-2-4-23(5-3-22)15-20-8-11(14(19)21-15)10-6-9(16)7-12(17)13(10)18;7-2-4(9)13-3(8)1(12-2)5(15)14-6(10)11/h6-8H,2-5H2,1H3,(H2,19,20,21);(H4,8,9,13)(H4,10,11,14,15). The molecule has 0 unspecified atom stereocenters. The van der Waals surface area contributed by atoms with Crippen LogP contribution in [-0.4, -0.2) is 69.9 Å². The smallest absolute Gasteiger partial charge is 0.302 e. The van der Waals surface area contributed by atoms with Gasteiger partial charge in [-0.05, 0) is 19.2 Å². The van der Waals surface area contributed by atoms with Crippen molar-refractivity contribution in [3.8, 4) is 11.1 Å². The summed E-state index contributed by atoms with van der Waals surface area (Å²) < 4.78 is 0. The number of carbonyl (C=O) groups excluding carboxylic acids is 1. The molecule has 1 fully saturated rings.